The number of benzene rings is 1. The predicted octanol–water partition coefficient (Wildman–Crippen LogP) is 2.08. The Morgan fingerprint density at radius 3 is 3.17 bits per heavy atom. The second kappa shape index (κ2) is 4.58. The summed E-state index contributed by atoms with van der Waals surface area (Å²) in [5, 5.41) is 17.6. The van der Waals surface area contributed by atoms with Crippen molar-refractivity contribution < 1.29 is 5.11 Å². The molecule has 1 aliphatic rings. The first-order chi connectivity index (χ1) is 8.88. The highest BCUT2D eigenvalue weighted by Crippen LogP contribution is 2.25. The normalized spacial score (nSPS) is 14.8. The Labute approximate surface area is 104 Å². The van der Waals surface area contributed by atoms with Crippen LogP contribution in [0.3, 0.4) is 0 Å². The monoisotopic (exact) mass is 239 g/mol. The number of rotatable bonds is 2. The van der Waals surface area contributed by atoms with E-state index in [1.165, 1.54) is 0 Å². The van der Waals surface area contributed by atoms with Gasteiger partial charge in [0.05, 0.1) is 24.4 Å². The van der Waals surface area contributed by atoms with E-state index < -0.39 is 0 Å². The van der Waals surface area contributed by atoms with Crippen molar-refractivity contribution in [1.29, 1.82) is 0 Å². The number of aliphatic hydroxyl groups excluding tert-OH is 1. The fourth-order valence-corrected chi connectivity index (χ4v) is 2.03. The zero-order chi connectivity index (χ0) is 12.4. The summed E-state index contributed by atoms with van der Waals surface area (Å²) in [5.41, 5.74) is 3.78. The van der Waals surface area contributed by atoms with Crippen LogP contribution >= 0.6 is 0 Å². The number of aliphatic hydroxyl groups is 1. The molecule has 2 heterocycles. The minimum atomic E-state index is 0.0386. The molecule has 1 aromatic carbocycles. The fraction of sp³-hybridized carbons (Fsp3) is 0.143. The maximum atomic E-state index is 9.20. The molecule has 0 amide bonds. The molecule has 4 heteroatoms. The zero-order valence-corrected chi connectivity index (χ0v) is 9.80. The molecule has 0 atom stereocenters. The molecule has 90 valence electrons. The Hall–Kier alpha value is -2.20. The highest BCUT2D eigenvalue weighted by atomic mass is 16.3. The van der Waals surface area contributed by atoms with Crippen molar-refractivity contribution in [2.24, 2.45) is 4.99 Å². The quantitative estimate of drug-likeness (QED) is 0.842. The van der Waals surface area contributed by atoms with E-state index in [9.17, 15) is 5.11 Å². The molecule has 4 nitrogen and oxygen atoms in total. The summed E-state index contributed by atoms with van der Waals surface area (Å²) < 4.78 is 0. The van der Waals surface area contributed by atoms with Crippen LogP contribution in [-0.2, 0) is 6.61 Å². The molecule has 2 N–H and O–H groups in total. The topological polar surface area (TPSA) is 61.3 Å². The van der Waals surface area contributed by atoms with Crippen molar-refractivity contribution in [3.63, 3.8) is 0 Å². The SMILES string of the molecule is OCc1ccc2[nH]nc(C3=CC=NCC=C3)c2c1. The van der Waals surface area contributed by atoms with E-state index in [-0.39, 0.29) is 6.61 Å². The van der Waals surface area contributed by atoms with Crippen LogP contribution in [-0.4, -0.2) is 28.1 Å². The summed E-state index contributed by atoms with van der Waals surface area (Å²) >= 11 is 0. The number of nitrogens with one attached hydrogen (secondary N) is 1. The Balaban J connectivity index is 2.16. The van der Waals surface area contributed by atoms with Gasteiger partial charge >= 0.3 is 0 Å². The van der Waals surface area contributed by atoms with Crippen molar-refractivity contribution >= 4 is 22.7 Å². The Kier molecular flexibility index (Phi) is 2.78. The van der Waals surface area contributed by atoms with Gasteiger partial charge in [-0.1, -0.05) is 18.2 Å². The first kappa shape index (κ1) is 10.9. The van der Waals surface area contributed by atoms with Gasteiger partial charge in [-0.2, -0.15) is 5.10 Å². The Morgan fingerprint density at radius 2 is 2.28 bits per heavy atom. The molecule has 0 bridgehead atoms. The minimum Gasteiger partial charge on any atom is -0.392 e. The summed E-state index contributed by atoms with van der Waals surface area (Å²) in [6.45, 7) is 0.737. The standard InChI is InChI=1S/C14H13N3O/c18-9-10-3-4-13-12(8-10)14(17-16-13)11-2-1-6-15-7-5-11/h1-5,7-8,18H,6,9H2,(H,16,17). The van der Waals surface area contributed by atoms with Crippen LogP contribution in [0.5, 0.6) is 0 Å². The van der Waals surface area contributed by atoms with E-state index in [2.05, 4.69) is 15.2 Å². The Bertz CT molecular complexity index is 665. The van der Waals surface area contributed by atoms with Gasteiger partial charge in [0.1, 0.15) is 0 Å². The number of hydrogen-bond acceptors (Lipinski definition) is 3. The number of aliphatic imine (C=N–C) groups is 1. The lowest BCUT2D eigenvalue weighted by Crippen LogP contribution is -1.85. The summed E-state index contributed by atoms with van der Waals surface area (Å²) in [7, 11) is 0. The second-order valence-corrected chi connectivity index (χ2v) is 4.15. The predicted molar refractivity (Wildman–Crippen MR) is 72.5 cm³/mol. The smallest absolute Gasteiger partial charge is 0.0999 e. The van der Waals surface area contributed by atoms with Gasteiger partial charge in [-0.15, -0.1) is 0 Å². The third-order valence-electron chi connectivity index (χ3n) is 2.95. The molecular weight excluding hydrogens is 226 g/mol. The summed E-state index contributed by atoms with van der Waals surface area (Å²) in [6.07, 6.45) is 7.77. The van der Waals surface area contributed by atoms with E-state index >= 15 is 0 Å². The number of hydrogen-bond donors (Lipinski definition) is 2. The van der Waals surface area contributed by atoms with Gasteiger partial charge in [-0.05, 0) is 23.8 Å². The highest BCUT2D eigenvalue weighted by molar-refractivity contribution is 5.97. The largest absolute Gasteiger partial charge is 0.392 e. The van der Waals surface area contributed by atoms with E-state index in [1.54, 1.807) is 6.21 Å². The van der Waals surface area contributed by atoms with Gasteiger partial charge < -0.3 is 5.11 Å². The van der Waals surface area contributed by atoms with Crippen LogP contribution in [0.2, 0.25) is 0 Å². The number of fused-ring (bicyclic) bond motifs is 1. The zero-order valence-electron chi connectivity index (χ0n) is 9.80. The number of H-pyrrole nitrogens is 1. The van der Waals surface area contributed by atoms with E-state index in [4.69, 9.17) is 0 Å². The van der Waals surface area contributed by atoms with Crippen LogP contribution in [0.1, 0.15) is 11.3 Å². The molecule has 1 aromatic heterocycles. The number of allylic oxidation sites excluding steroid dienone is 3. The molecule has 0 spiro atoms. The molecule has 0 saturated carbocycles. The van der Waals surface area contributed by atoms with Gasteiger partial charge in [0.15, 0.2) is 0 Å². The van der Waals surface area contributed by atoms with Crippen molar-refractivity contribution in [3.05, 3.63) is 47.7 Å². The second-order valence-electron chi connectivity index (χ2n) is 4.15. The lowest BCUT2D eigenvalue weighted by atomic mass is 10.1. The fourth-order valence-electron chi connectivity index (χ4n) is 2.03. The molecule has 0 unspecified atom stereocenters. The summed E-state index contributed by atoms with van der Waals surface area (Å²) in [6, 6.07) is 5.79. The maximum Gasteiger partial charge on any atom is 0.0999 e. The highest BCUT2D eigenvalue weighted by Gasteiger charge is 2.09. The van der Waals surface area contributed by atoms with Crippen molar-refractivity contribution in [2.45, 2.75) is 6.61 Å². The first-order valence-electron chi connectivity index (χ1n) is 5.83. The minimum absolute atomic E-state index is 0.0386. The van der Waals surface area contributed by atoms with Crippen molar-refractivity contribution in [3.8, 4) is 0 Å². The molecule has 0 aliphatic carbocycles. The van der Waals surface area contributed by atoms with Crippen molar-refractivity contribution in [1.82, 2.24) is 10.2 Å². The Morgan fingerprint density at radius 1 is 1.33 bits per heavy atom. The third-order valence-corrected chi connectivity index (χ3v) is 2.95. The third kappa shape index (κ3) is 1.87. The maximum absolute atomic E-state index is 9.20. The summed E-state index contributed by atoms with van der Waals surface area (Å²) in [5.74, 6) is 0. The lowest BCUT2D eigenvalue weighted by Gasteiger charge is -1.99. The van der Waals surface area contributed by atoms with Gasteiger partial charge in [-0.25, -0.2) is 0 Å². The van der Waals surface area contributed by atoms with Gasteiger partial charge in [-0.3, -0.25) is 10.1 Å². The van der Waals surface area contributed by atoms with Gasteiger partial charge in [0.2, 0.25) is 0 Å². The molecule has 3 rings (SSSR count). The van der Waals surface area contributed by atoms with E-state index in [1.807, 2.05) is 36.4 Å². The summed E-state index contributed by atoms with van der Waals surface area (Å²) in [4.78, 5) is 4.18. The van der Waals surface area contributed by atoms with Crippen LogP contribution in [0.15, 0.2) is 41.4 Å². The molecule has 0 fully saturated rings. The lowest BCUT2D eigenvalue weighted by molar-refractivity contribution is 0.282. The van der Waals surface area contributed by atoms with Crippen LogP contribution in [0.25, 0.3) is 16.5 Å². The molecule has 0 radical (unpaired) electrons. The molecule has 1 aliphatic heterocycles. The van der Waals surface area contributed by atoms with Gasteiger partial charge in [0.25, 0.3) is 0 Å². The first-order valence-corrected chi connectivity index (χ1v) is 5.83. The van der Waals surface area contributed by atoms with Crippen LogP contribution < -0.4 is 0 Å². The van der Waals surface area contributed by atoms with E-state index in [0.717, 1.165) is 27.7 Å². The molecule has 2 aromatic rings. The number of nitrogens with zero attached hydrogens (tertiary/aromatic N) is 2. The number of aromatic nitrogens is 2. The van der Waals surface area contributed by atoms with E-state index in [0.29, 0.717) is 6.54 Å². The average Bonchev–Trinajstić information content (AvgIpc) is 2.64. The molecule has 0 saturated heterocycles. The molecular formula is C14H13N3O. The van der Waals surface area contributed by atoms with Crippen molar-refractivity contribution in [2.75, 3.05) is 6.54 Å². The number of aromatic amines is 1. The van der Waals surface area contributed by atoms with Crippen LogP contribution in [0.4, 0.5) is 0 Å². The van der Waals surface area contributed by atoms with Crippen LogP contribution in [0, 0.1) is 0 Å². The molecule has 18 heavy (non-hydrogen) atoms. The average molecular weight is 239 g/mol. The van der Waals surface area contributed by atoms with Gasteiger partial charge in [0, 0.05) is 17.2 Å².